The molecule has 3 N–H and O–H groups in total. The lowest BCUT2D eigenvalue weighted by molar-refractivity contribution is -0.210. The van der Waals surface area contributed by atoms with Crippen molar-refractivity contribution in [3.8, 4) is 0 Å². The molecule has 0 saturated heterocycles. The van der Waals surface area contributed by atoms with E-state index in [4.69, 9.17) is 0 Å². The van der Waals surface area contributed by atoms with E-state index in [9.17, 15) is 20.1 Å². The molecular weight excluding hydrogens is 256 g/mol. The molecule has 0 heterocycles. The molecule has 3 aliphatic rings. The fraction of sp³-hybridized carbons (Fsp3) is 0.812. The highest BCUT2D eigenvalue weighted by atomic mass is 16.3. The van der Waals surface area contributed by atoms with Crippen molar-refractivity contribution in [1.82, 2.24) is 0 Å². The van der Waals surface area contributed by atoms with Crippen molar-refractivity contribution >= 4 is 5.78 Å². The van der Waals surface area contributed by atoms with Gasteiger partial charge in [-0.3, -0.25) is 4.79 Å². The Bertz CT molecular complexity index is 459. The summed E-state index contributed by atoms with van der Waals surface area (Å²) in [5, 5.41) is 32.1. The van der Waals surface area contributed by atoms with Crippen LogP contribution in [0, 0.1) is 23.7 Å². The summed E-state index contributed by atoms with van der Waals surface area (Å²) in [4.78, 5) is 12.4. The van der Waals surface area contributed by atoms with Gasteiger partial charge in [0.2, 0.25) is 0 Å². The Morgan fingerprint density at radius 2 is 1.90 bits per heavy atom. The minimum Gasteiger partial charge on any atom is -0.392 e. The summed E-state index contributed by atoms with van der Waals surface area (Å²) in [6.07, 6.45) is 1.22. The Kier molecular flexibility index (Phi) is 2.96. The van der Waals surface area contributed by atoms with Crippen LogP contribution < -0.4 is 0 Å². The van der Waals surface area contributed by atoms with Crippen LogP contribution >= 0.6 is 0 Å². The van der Waals surface area contributed by atoms with Crippen LogP contribution in [-0.4, -0.2) is 38.4 Å². The van der Waals surface area contributed by atoms with Gasteiger partial charge in [0.1, 0.15) is 5.60 Å². The molecule has 0 bridgehead atoms. The zero-order valence-corrected chi connectivity index (χ0v) is 12.2. The number of Topliss-reactive ketones (excluding diaryl/α,β-unsaturated/α-hetero) is 1. The van der Waals surface area contributed by atoms with E-state index in [2.05, 4.69) is 6.58 Å². The average molecular weight is 280 g/mol. The minimum absolute atomic E-state index is 0.162. The van der Waals surface area contributed by atoms with E-state index in [0.717, 1.165) is 6.42 Å². The standard InChI is InChI=1S/C16H24O4/c1-8-6-12(18)16(20)9(2)7-11(17)14-13(16)10(8)4-5-15(14,3)19/h8,10-11,13-14,17,19-20H,2,4-7H2,1,3H3/t8-,10+,11+,13+,14-,15-,16-/m0/s1. The summed E-state index contributed by atoms with van der Waals surface area (Å²) in [7, 11) is 0. The molecule has 0 aromatic rings. The third kappa shape index (κ3) is 1.62. The Hall–Kier alpha value is -0.710. The fourth-order valence-electron chi connectivity index (χ4n) is 5.07. The lowest BCUT2D eigenvalue weighted by Gasteiger charge is -2.60. The Labute approximate surface area is 119 Å². The lowest BCUT2D eigenvalue weighted by Crippen LogP contribution is -2.68. The third-order valence-electron chi connectivity index (χ3n) is 6.10. The zero-order valence-electron chi connectivity index (χ0n) is 12.2. The molecule has 0 spiro atoms. The van der Waals surface area contributed by atoms with Crippen LogP contribution in [0.5, 0.6) is 0 Å². The van der Waals surface area contributed by atoms with E-state index in [-0.39, 0.29) is 24.0 Å². The second-order valence-corrected chi connectivity index (χ2v) is 7.36. The first-order chi connectivity index (χ1) is 9.19. The topological polar surface area (TPSA) is 77.8 Å². The molecule has 0 amide bonds. The van der Waals surface area contributed by atoms with Gasteiger partial charge in [0.05, 0.1) is 11.7 Å². The number of rotatable bonds is 0. The maximum absolute atomic E-state index is 12.4. The van der Waals surface area contributed by atoms with E-state index in [1.807, 2.05) is 6.92 Å². The van der Waals surface area contributed by atoms with Gasteiger partial charge in [-0.25, -0.2) is 0 Å². The predicted octanol–water partition coefficient (Wildman–Crippen LogP) is 1.04. The summed E-state index contributed by atoms with van der Waals surface area (Å²) in [6.45, 7) is 7.61. The van der Waals surface area contributed by atoms with Gasteiger partial charge in [-0.05, 0) is 43.6 Å². The molecule has 0 aliphatic heterocycles. The van der Waals surface area contributed by atoms with Gasteiger partial charge in [0.15, 0.2) is 5.78 Å². The minimum atomic E-state index is -1.55. The van der Waals surface area contributed by atoms with Gasteiger partial charge < -0.3 is 15.3 Å². The van der Waals surface area contributed by atoms with Crippen LogP contribution in [0.25, 0.3) is 0 Å². The molecule has 3 rings (SSSR count). The van der Waals surface area contributed by atoms with E-state index in [1.54, 1.807) is 6.92 Å². The first-order valence-corrected chi connectivity index (χ1v) is 7.54. The number of aliphatic hydroxyl groups excluding tert-OH is 1. The first kappa shape index (κ1) is 14.2. The maximum atomic E-state index is 12.4. The molecule has 0 aromatic heterocycles. The number of carbonyl (C=O) groups excluding carboxylic acids is 1. The van der Waals surface area contributed by atoms with E-state index in [1.165, 1.54) is 0 Å². The number of carbonyl (C=O) groups is 1. The lowest BCUT2D eigenvalue weighted by atomic mass is 9.47. The van der Waals surface area contributed by atoms with Crippen molar-refractivity contribution in [2.24, 2.45) is 23.7 Å². The van der Waals surface area contributed by atoms with Gasteiger partial charge in [-0.1, -0.05) is 13.5 Å². The molecule has 7 atom stereocenters. The highest BCUT2D eigenvalue weighted by molar-refractivity contribution is 5.92. The van der Waals surface area contributed by atoms with Crippen LogP contribution in [0.3, 0.4) is 0 Å². The van der Waals surface area contributed by atoms with Crippen LogP contribution in [0.4, 0.5) is 0 Å². The second kappa shape index (κ2) is 4.15. The van der Waals surface area contributed by atoms with Crippen molar-refractivity contribution in [3.05, 3.63) is 12.2 Å². The molecule has 4 heteroatoms. The van der Waals surface area contributed by atoms with Gasteiger partial charge in [0, 0.05) is 18.3 Å². The molecular formula is C16H24O4. The molecule has 0 radical (unpaired) electrons. The molecule has 3 saturated carbocycles. The summed E-state index contributed by atoms with van der Waals surface area (Å²) in [6, 6.07) is 0. The van der Waals surface area contributed by atoms with Gasteiger partial charge in [-0.2, -0.15) is 0 Å². The van der Waals surface area contributed by atoms with Crippen molar-refractivity contribution < 1.29 is 20.1 Å². The molecule has 4 nitrogen and oxygen atoms in total. The summed E-state index contributed by atoms with van der Waals surface area (Å²) >= 11 is 0. The van der Waals surface area contributed by atoms with Gasteiger partial charge in [-0.15, -0.1) is 0 Å². The van der Waals surface area contributed by atoms with Crippen molar-refractivity contribution in [2.75, 3.05) is 0 Å². The monoisotopic (exact) mass is 280 g/mol. The fourth-order valence-corrected chi connectivity index (χ4v) is 5.07. The first-order valence-electron chi connectivity index (χ1n) is 7.54. The average Bonchev–Trinajstić information content (AvgIpc) is 2.32. The SMILES string of the molecule is C=C1C[C@@H](O)[C@H]2[C@H]3[C@H](CC[C@]2(C)O)[C@@H](C)CC(=O)[C@@]13O. The largest absolute Gasteiger partial charge is 0.392 e. The Morgan fingerprint density at radius 3 is 2.55 bits per heavy atom. The molecule has 3 aliphatic carbocycles. The van der Waals surface area contributed by atoms with E-state index >= 15 is 0 Å². The number of hydrogen-bond acceptors (Lipinski definition) is 4. The zero-order chi connectivity index (χ0) is 14.9. The Morgan fingerprint density at radius 1 is 1.25 bits per heavy atom. The van der Waals surface area contributed by atoms with Crippen molar-refractivity contribution in [1.29, 1.82) is 0 Å². The van der Waals surface area contributed by atoms with Crippen LogP contribution in [0.1, 0.15) is 39.5 Å². The van der Waals surface area contributed by atoms with Gasteiger partial charge in [0.25, 0.3) is 0 Å². The smallest absolute Gasteiger partial charge is 0.169 e. The second-order valence-electron chi connectivity index (χ2n) is 7.36. The molecule has 20 heavy (non-hydrogen) atoms. The highest BCUT2D eigenvalue weighted by Gasteiger charge is 2.65. The highest BCUT2D eigenvalue weighted by Crippen LogP contribution is 2.58. The normalized spacial score (nSPS) is 55.5. The number of aliphatic hydroxyl groups is 3. The van der Waals surface area contributed by atoms with Crippen LogP contribution in [0.15, 0.2) is 12.2 Å². The Balaban J connectivity index is 2.14. The number of ketones is 1. The van der Waals surface area contributed by atoms with Crippen molar-refractivity contribution in [3.63, 3.8) is 0 Å². The molecule has 0 unspecified atom stereocenters. The summed E-state index contributed by atoms with van der Waals surface area (Å²) in [5.41, 5.74) is -2.16. The molecule has 112 valence electrons. The third-order valence-corrected chi connectivity index (χ3v) is 6.10. The number of hydrogen-bond donors (Lipinski definition) is 3. The predicted molar refractivity (Wildman–Crippen MR) is 73.8 cm³/mol. The summed E-state index contributed by atoms with van der Waals surface area (Å²) < 4.78 is 0. The van der Waals surface area contributed by atoms with Crippen molar-refractivity contribution in [2.45, 2.75) is 56.8 Å². The van der Waals surface area contributed by atoms with Gasteiger partial charge >= 0.3 is 0 Å². The van der Waals surface area contributed by atoms with E-state index in [0.29, 0.717) is 18.4 Å². The van der Waals surface area contributed by atoms with Crippen LogP contribution in [-0.2, 0) is 4.79 Å². The molecule has 0 aromatic carbocycles. The van der Waals surface area contributed by atoms with Crippen LogP contribution in [0.2, 0.25) is 0 Å². The van der Waals surface area contributed by atoms with E-state index < -0.39 is 29.1 Å². The molecule has 3 fully saturated rings. The quantitative estimate of drug-likeness (QED) is 0.579. The maximum Gasteiger partial charge on any atom is 0.169 e. The summed E-state index contributed by atoms with van der Waals surface area (Å²) in [5.74, 6) is -0.702.